The normalized spacial score (nSPS) is 11.9. The van der Waals surface area contributed by atoms with Crippen LogP contribution in [-0.2, 0) is 0 Å². The smallest absolute Gasteiger partial charge is 0.164 e. The first-order valence-corrected chi connectivity index (χ1v) is 17.3. The van der Waals surface area contributed by atoms with Gasteiger partial charge in [-0.3, -0.25) is 0 Å². The predicted octanol–water partition coefficient (Wildman–Crippen LogP) is 13.1. The maximum Gasteiger partial charge on any atom is 0.164 e. The van der Waals surface area contributed by atoms with Crippen LogP contribution in [0.4, 0.5) is 0 Å². The molecule has 0 aliphatic rings. The van der Waals surface area contributed by atoms with Crippen LogP contribution in [0.15, 0.2) is 174 Å². The molecule has 0 fully saturated rings. The molecular formula is C48H28N2O. The number of furan rings is 1. The molecule has 0 bridgehead atoms. The van der Waals surface area contributed by atoms with E-state index in [-0.39, 0.29) is 0 Å². The van der Waals surface area contributed by atoms with Crippen LogP contribution >= 0.6 is 0 Å². The summed E-state index contributed by atoms with van der Waals surface area (Å²) in [4.78, 5) is 10.4. The number of fused-ring (bicyclic) bond motifs is 12. The second-order valence-corrected chi connectivity index (χ2v) is 13.3. The lowest BCUT2D eigenvalue weighted by molar-refractivity contribution is 0.673. The molecule has 0 aliphatic heterocycles. The number of hydrogen-bond acceptors (Lipinski definition) is 3. The van der Waals surface area contributed by atoms with Gasteiger partial charge in [0, 0.05) is 27.1 Å². The number of nitrogens with zero attached hydrogens (tertiary/aromatic N) is 2. The molecule has 11 aromatic rings. The summed E-state index contributed by atoms with van der Waals surface area (Å²) < 4.78 is 7.01. The molecule has 0 unspecified atom stereocenters. The fourth-order valence-corrected chi connectivity index (χ4v) is 8.11. The summed E-state index contributed by atoms with van der Waals surface area (Å²) in [7, 11) is 0. The van der Waals surface area contributed by atoms with E-state index in [9.17, 15) is 0 Å². The molecule has 0 saturated carbocycles. The molecule has 0 atom stereocenters. The number of aromatic nitrogens is 2. The quantitative estimate of drug-likeness (QED) is 0.179. The van der Waals surface area contributed by atoms with Gasteiger partial charge in [-0.2, -0.15) is 0 Å². The van der Waals surface area contributed by atoms with Crippen LogP contribution < -0.4 is 0 Å². The third-order valence-corrected chi connectivity index (χ3v) is 10.5. The molecular weight excluding hydrogens is 621 g/mol. The number of rotatable bonds is 3. The molecule has 51 heavy (non-hydrogen) atoms. The Morgan fingerprint density at radius 3 is 1.71 bits per heavy atom. The lowest BCUT2D eigenvalue weighted by atomic mass is 9.90. The molecule has 2 heterocycles. The molecule has 3 nitrogen and oxygen atoms in total. The monoisotopic (exact) mass is 648 g/mol. The second kappa shape index (κ2) is 10.8. The third-order valence-electron chi connectivity index (χ3n) is 10.5. The molecule has 9 aromatic carbocycles. The Labute approximate surface area is 293 Å². The summed E-state index contributed by atoms with van der Waals surface area (Å²) in [5, 5.41) is 12.9. The van der Waals surface area contributed by atoms with Crippen molar-refractivity contribution >= 4 is 75.9 Å². The Morgan fingerprint density at radius 1 is 0.353 bits per heavy atom. The Hall–Kier alpha value is -6.84. The molecule has 0 N–H and O–H groups in total. The fourth-order valence-electron chi connectivity index (χ4n) is 8.11. The van der Waals surface area contributed by atoms with Gasteiger partial charge in [-0.15, -0.1) is 0 Å². The van der Waals surface area contributed by atoms with Crippen molar-refractivity contribution in [2.24, 2.45) is 0 Å². The second-order valence-electron chi connectivity index (χ2n) is 13.3. The van der Waals surface area contributed by atoms with E-state index in [4.69, 9.17) is 14.4 Å². The standard InChI is InChI=1S/C48H28N2O/c1-2-13-30(14-3-1)45-39-20-10-11-21-43(39)49-48(50-45)41-27-26-32(44-40-25-22-29-12-4-5-15-33(29)46(40)51-47(41)44)31-23-24-38-36-18-7-6-16-34(36)35-17-8-9-19-37(35)42(38)28-31/h1-28H. The van der Waals surface area contributed by atoms with Crippen LogP contribution in [0.1, 0.15) is 0 Å². The Bertz CT molecular complexity index is 3160. The van der Waals surface area contributed by atoms with E-state index in [1.807, 2.05) is 18.2 Å². The Kier molecular flexibility index (Phi) is 5.96. The molecule has 3 heteroatoms. The molecule has 11 rings (SSSR count). The van der Waals surface area contributed by atoms with E-state index in [0.717, 1.165) is 71.6 Å². The van der Waals surface area contributed by atoms with Gasteiger partial charge in [0.25, 0.3) is 0 Å². The maximum atomic E-state index is 7.01. The van der Waals surface area contributed by atoms with Gasteiger partial charge in [-0.1, -0.05) is 146 Å². The van der Waals surface area contributed by atoms with Gasteiger partial charge in [0.2, 0.25) is 0 Å². The third kappa shape index (κ3) is 4.19. The Morgan fingerprint density at radius 2 is 0.941 bits per heavy atom. The maximum absolute atomic E-state index is 7.01. The van der Waals surface area contributed by atoms with Gasteiger partial charge in [0.1, 0.15) is 11.2 Å². The van der Waals surface area contributed by atoms with Crippen molar-refractivity contribution in [3.63, 3.8) is 0 Å². The highest BCUT2D eigenvalue weighted by molar-refractivity contribution is 6.27. The van der Waals surface area contributed by atoms with Gasteiger partial charge in [-0.05, 0) is 73.1 Å². The first kappa shape index (κ1) is 28.0. The van der Waals surface area contributed by atoms with E-state index in [1.54, 1.807) is 0 Å². The highest BCUT2D eigenvalue weighted by Crippen LogP contribution is 2.45. The van der Waals surface area contributed by atoms with Crippen molar-refractivity contribution < 1.29 is 4.42 Å². The molecule has 0 amide bonds. The van der Waals surface area contributed by atoms with Crippen LogP contribution in [-0.4, -0.2) is 9.97 Å². The summed E-state index contributed by atoms with van der Waals surface area (Å²) in [6, 6.07) is 60.2. The average molecular weight is 649 g/mol. The van der Waals surface area contributed by atoms with E-state index in [1.165, 1.54) is 32.3 Å². The average Bonchev–Trinajstić information content (AvgIpc) is 3.61. The van der Waals surface area contributed by atoms with Crippen LogP contribution in [0.2, 0.25) is 0 Å². The zero-order chi connectivity index (χ0) is 33.5. The lowest BCUT2D eigenvalue weighted by Gasteiger charge is -2.13. The van der Waals surface area contributed by atoms with Crippen LogP contribution in [0, 0.1) is 0 Å². The summed E-state index contributed by atoms with van der Waals surface area (Å²) in [6.45, 7) is 0. The minimum atomic E-state index is 0.642. The summed E-state index contributed by atoms with van der Waals surface area (Å²) in [6.07, 6.45) is 0. The molecule has 0 spiro atoms. The van der Waals surface area contributed by atoms with Crippen molar-refractivity contribution in [1.29, 1.82) is 0 Å². The summed E-state index contributed by atoms with van der Waals surface area (Å²) in [5.41, 5.74) is 7.64. The largest absolute Gasteiger partial charge is 0.455 e. The van der Waals surface area contributed by atoms with Crippen molar-refractivity contribution in [2.45, 2.75) is 0 Å². The molecule has 0 radical (unpaired) electrons. The van der Waals surface area contributed by atoms with Gasteiger partial charge in [0.15, 0.2) is 5.82 Å². The Balaban J connectivity index is 1.23. The topological polar surface area (TPSA) is 38.9 Å². The number of hydrogen-bond donors (Lipinski definition) is 0. The van der Waals surface area contributed by atoms with Gasteiger partial charge < -0.3 is 4.42 Å². The van der Waals surface area contributed by atoms with Crippen molar-refractivity contribution in [3.8, 4) is 33.8 Å². The number of para-hydroxylation sites is 1. The predicted molar refractivity (Wildman–Crippen MR) is 213 cm³/mol. The highest BCUT2D eigenvalue weighted by atomic mass is 16.3. The van der Waals surface area contributed by atoms with Gasteiger partial charge in [0.05, 0.1) is 16.8 Å². The van der Waals surface area contributed by atoms with E-state index < -0.39 is 0 Å². The van der Waals surface area contributed by atoms with E-state index in [0.29, 0.717) is 5.82 Å². The first-order valence-electron chi connectivity index (χ1n) is 17.3. The molecule has 0 saturated heterocycles. The van der Waals surface area contributed by atoms with Crippen molar-refractivity contribution in [3.05, 3.63) is 170 Å². The minimum absolute atomic E-state index is 0.642. The van der Waals surface area contributed by atoms with Crippen molar-refractivity contribution in [2.75, 3.05) is 0 Å². The van der Waals surface area contributed by atoms with E-state index in [2.05, 4.69) is 152 Å². The minimum Gasteiger partial charge on any atom is -0.455 e. The van der Waals surface area contributed by atoms with Crippen LogP contribution in [0.5, 0.6) is 0 Å². The highest BCUT2D eigenvalue weighted by Gasteiger charge is 2.22. The summed E-state index contributed by atoms with van der Waals surface area (Å²) in [5.74, 6) is 0.642. The van der Waals surface area contributed by atoms with Gasteiger partial charge >= 0.3 is 0 Å². The van der Waals surface area contributed by atoms with E-state index >= 15 is 0 Å². The van der Waals surface area contributed by atoms with Crippen molar-refractivity contribution in [1.82, 2.24) is 9.97 Å². The molecule has 236 valence electrons. The van der Waals surface area contributed by atoms with Crippen LogP contribution in [0.25, 0.3) is 110 Å². The fraction of sp³-hybridized carbons (Fsp3) is 0. The SMILES string of the molecule is c1ccc(-c2nc(-c3ccc(-c4ccc5c6ccccc6c6ccccc6c5c4)c4c3oc3c5ccccc5ccc34)nc3ccccc23)cc1. The zero-order valence-corrected chi connectivity index (χ0v) is 27.5. The lowest BCUT2D eigenvalue weighted by Crippen LogP contribution is -1.96. The first-order chi connectivity index (χ1) is 25.3. The number of benzene rings is 9. The summed E-state index contributed by atoms with van der Waals surface area (Å²) >= 11 is 0. The van der Waals surface area contributed by atoms with Gasteiger partial charge in [-0.25, -0.2) is 9.97 Å². The van der Waals surface area contributed by atoms with Crippen LogP contribution in [0.3, 0.4) is 0 Å². The zero-order valence-electron chi connectivity index (χ0n) is 27.5. The molecule has 0 aliphatic carbocycles. The molecule has 2 aromatic heterocycles.